The van der Waals surface area contributed by atoms with Crippen molar-refractivity contribution < 1.29 is 73.4 Å². The Hall–Kier alpha value is -2.52. The third kappa shape index (κ3) is 14.7. The molecule has 0 aliphatic carbocycles. The number of aliphatic hydroxyl groups is 6. The second-order valence-electron chi connectivity index (χ2n) is 14.2. The van der Waals surface area contributed by atoms with Crippen LogP contribution in [0, 0.1) is 11.8 Å². The number of amides is 1. The van der Waals surface area contributed by atoms with Gasteiger partial charge in [0.1, 0.15) is 67.3 Å². The standard InChI is InChI=1S/C23H43N3O13.C6H13N3O.C5H11NO/c1-8-14(26-9(2)30)17(32)20(11(6-28)35-8)39-23-15(25-3)18(33)21(12(7-29)37-23)38-22-13(24)16(31)19(34-4)10(5-27)36-22;1-4(2)5(10)3-9-6(7)8;1-4(2)5(7)3-6/h8,10-23,25,27-29,31-33H,5-7,24H2,1-4H3,(H,26,30);4H,3H2,1-2H3,(H4,7,8,9);4H,3,6H2,1-2H3. The molecule has 15 unspecified atom stereocenters. The maximum atomic E-state index is 11.7. The van der Waals surface area contributed by atoms with Crippen LogP contribution in [0.1, 0.15) is 41.5 Å². The number of methoxy groups -OCH3 is 1. The predicted octanol–water partition coefficient (Wildman–Crippen LogP) is -5.86. The van der Waals surface area contributed by atoms with Crippen molar-refractivity contribution in [1.29, 1.82) is 0 Å². The summed E-state index contributed by atoms with van der Waals surface area (Å²) in [5, 5.41) is 67.9. The van der Waals surface area contributed by atoms with E-state index in [1.54, 1.807) is 6.92 Å². The van der Waals surface area contributed by atoms with Gasteiger partial charge in [-0.2, -0.15) is 0 Å². The number of guanidine groups is 1. The van der Waals surface area contributed by atoms with Gasteiger partial charge in [-0.1, -0.05) is 27.7 Å². The van der Waals surface area contributed by atoms with Gasteiger partial charge >= 0.3 is 0 Å². The molecule has 0 aromatic heterocycles. The molecule has 22 nitrogen and oxygen atoms in total. The van der Waals surface area contributed by atoms with Crippen LogP contribution in [0.4, 0.5) is 0 Å². The van der Waals surface area contributed by atoms with Crippen LogP contribution in [-0.2, 0) is 42.8 Å². The summed E-state index contributed by atoms with van der Waals surface area (Å²) in [6.45, 7) is 8.86. The first-order valence-corrected chi connectivity index (χ1v) is 18.4. The SMILES string of the molecule is CC(C)C(=O)CN.CC(C)C(=O)CN=C(N)N.CNC1C(OC2C(CO)OC(C)C(NC(C)=O)C2O)OC(CO)C(OC2OC(CO)C(OC)C(O)C2N)C1O. The number of hydrogen-bond donors (Lipinski definition) is 12. The smallest absolute Gasteiger partial charge is 0.217 e. The lowest BCUT2D eigenvalue weighted by Crippen LogP contribution is -2.70. The number of nitrogens with two attached hydrogens (primary N) is 4. The van der Waals surface area contributed by atoms with Crippen LogP contribution in [0.5, 0.6) is 0 Å². The Kier molecular flexibility index (Phi) is 23.1. The third-order valence-electron chi connectivity index (χ3n) is 9.36. The number of nitrogens with zero attached hydrogens (tertiary/aromatic N) is 1. The first kappa shape index (κ1) is 51.5. The Balaban J connectivity index is 0.000000764. The number of ketones is 2. The van der Waals surface area contributed by atoms with E-state index in [-0.39, 0.29) is 42.5 Å². The number of nitrogens with one attached hydrogen (secondary N) is 2. The van der Waals surface area contributed by atoms with Gasteiger partial charge in [0.15, 0.2) is 24.3 Å². The van der Waals surface area contributed by atoms with Crippen molar-refractivity contribution in [3.63, 3.8) is 0 Å². The van der Waals surface area contributed by atoms with Gasteiger partial charge in [0, 0.05) is 25.9 Å². The van der Waals surface area contributed by atoms with E-state index in [9.17, 15) is 45.0 Å². The van der Waals surface area contributed by atoms with E-state index in [1.165, 1.54) is 21.1 Å². The predicted molar refractivity (Wildman–Crippen MR) is 199 cm³/mol. The number of Topliss-reactive ketones (excluding diaryl/α,β-unsaturated/α-hetero) is 2. The van der Waals surface area contributed by atoms with Gasteiger partial charge < -0.3 is 92.6 Å². The lowest BCUT2D eigenvalue weighted by atomic mass is 9.92. The molecule has 3 heterocycles. The van der Waals surface area contributed by atoms with E-state index in [0.29, 0.717) is 0 Å². The Labute approximate surface area is 327 Å². The molecule has 3 aliphatic rings. The Morgan fingerprint density at radius 1 is 0.768 bits per heavy atom. The molecule has 0 aromatic rings. The number of aliphatic hydroxyl groups excluding tert-OH is 6. The zero-order chi connectivity index (χ0) is 43.0. The maximum Gasteiger partial charge on any atom is 0.217 e. The summed E-state index contributed by atoms with van der Waals surface area (Å²) in [5.74, 6) is -0.155. The summed E-state index contributed by atoms with van der Waals surface area (Å²) in [6, 6.07) is -2.97. The summed E-state index contributed by atoms with van der Waals surface area (Å²) in [7, 11) is 2.85. The van der Waals surface area contributed by atoms with Crippen molar-refractivity contribution in [3.8, 4) is 0 Å². The average molecular weight is 814 g/mol. The Bertz CT molecular complexity index is 1210. The number of likely N-dealkylation sites (N-methyl/N-ethyl adjacent to an activating group) is 1. The fraction of sp³-hybridized carbons (Fsp3) is 0.882. The van der Waals surface area contributed by atoms with Gasteiger partial charge in [-0.05, 0) is 14.0 Å². The molecule has 3 fully saturated rings. The van der Waals surface area contributed by atoms with Gasteiger partial charge in [-0.25, -0.2) is 4.99 Å². The van der Waals surface area contributed by atoms with Crippen molar-refractivity contribution >= 4 is 23.4 Å². The molecule has 3 saturated heterocycles. The Morgan fingerprint density at radius 3 is 1.64 bits per heavy atom. The quantitative estimate of drug-likeness (QED) is 0.0541. The van der Waals surface area contributed by atoms with Crippen molar-refractivity contribution in [1.82, 2.24) is 10.6 Å². The topological polar surface area (TPSA) is 368 Å². The fourth-order valence-corrected chi connectivity index (χ4v) is 5.95. The summed E-state index contributed by atoms with van der Waals surface area (Å²) < 4.78 is 34.5. The number of hydrogen-bond acceptors (Lipinski definition) is 19. The van der Waals surface area contributed by atoms with Crippen LogP contribution in [-0.4, -0.2) is 193 Å². The Morgan fingerprint density at radius 2 is 1.23 bits per heavy atom. The second-order valence-corrected chi connectivity index (χ2v) is 14.2. The maximum absolute atomic E-state index is 11.7. The molecule has 0 aromatic carbocycles. The second kappa shape index (κ2) is 25.1. The van der Waals surface area contributed by atoms with E-state index >= 15 is 0 Å². The van der Waals surface area contributed by atoms with Crippen LogP contribution in [0.3, 0.4) is 0 Å². The first-order valence-electron chi connectivity index (χ1n) is 18.4. The molecule has 0 spiro atoms. The van der Waals surface area contributed by atoms with Crippen molar-refractivity contribution in [2.75, 3.05) is 47.1 Å². The molecule has 22 heteroatoms. The van der Waals surface area contributed by atoms with Gasteiger partial charge in [-0.3, -0.25) is 14.4 Å². The number of ether oxygens (including phenoxy) is 6. The molecule has 15 atom stereocenters. The van der Waals surface area contributed by atoms with Crippen LogP contribution in [0.15, 0.2) is 4.99 Å². The lowest BCUT2D eigenvalue weighted by molar-refractivity contribution is -0.346. The summed E-state index contributed by atoms with van der Waals surface area (Å²) in [6.07, 6.45) is -13.7. The summed E-state index contributed by atoms with van der Waals surface area (Å²) >= 11 is 0. The molecule has 3 rings (SSSR count). The highest BCUT2D eigenvalue weighted by atomic mass is 16.7. The molecule has 16 N–H and O–H groups in total. The van der Waals surface area contributed by atoms with E-state index in [2.05, 4.69) is 15.6 Å². The normalized spacial score (nSPS) is 35.7. The molecule has 0 saturated carbocycles. The fourth-order valence-electron chi connectivity index (χ4n) is 5.95. The monoisotopic (exact) mass is 813 g/mol. The van der Waals surface area contributed by atoms with Gasteiger partial charge in [-0.15, -0.1) is 0 Å². The van der Waals surface area contributed by atoms with Crippen LogP contribution >= 0.6 is 0 Å². The minimum absolute atomic E-state index is 0.00287. The molecular formula is C34H67N7O15. The van der Waals surface area contributed by atoms with E-state index in [0.717, 1.165) is 0 Å². The molecule has 328 valence electrons. The number of carbonyl (C=O) groups is 3. The minimum Gasteiger partial charge on any atom is -0.394 e. The van der Waals surface area contributed by atoms with Gasteiger partial charge in [0.25, 0.3) is 0 Å². The minimum atomic E-state index is -1.40. The molecule has 0 bridgehead atoms. The van der Waals surface area contributed by atoms with Crippen LogP contribution in [0.2, 0.25) is 0 Å². The number of carbonyl (C=O) groups excluding carboxylic acids is 3. The third-order valence-corrected chi connectivity index (χ3v) is 9.36. The van der Waals surface area contributed by atoms with Crippen molar-refractivity contribution in [2.24, 2.45) is 39.8 Å². The highest BCUT2D eigenvalue weighted by Gasteiger charge is 2.53. The zero-order valence-corrected chi connectivity index (χ0v) is 33.5. The molecule has 0 radical (unpaired) electrons. The van der Waals surface area contributed by atoms with E-state index < -0.39 is 117 Å². The highest BCUT2D eigenvalue weighted by molar-refractivity contribution is 5.85. The van der Waals surface area contributed by atoms with Crippen molar-refractivity contribution in [2.45, 2.75) is 133 Å². The lowest BCUT2D eigenvalue weighted by Gasteiger charge is -2.50. The van der Waals surface area contributed by atoms with Crippen molar-refractivity contribution in [3.05, 3.63) is 0 Å². The van der Waals surface area contributed by atoms with E-state index in [4.69, 9.17) is 51.4 Å². The molecule has 1 amide bonds. The largest absolute Gasteiger partial charge is 0.394 e. The molecule has 3 aliphatic heterocycles. The van der Waals surface area contributed by atoms with Gasteiger partial charge in [0.05, 0.1) is 50.6 Å². The molecule has 56 heavy (non-hydrogen) atoms. The van der Waals surface area contributed by atoms with Gasteiger partial charge in [0.2, 0.25) is 5.91 Å². The summed E-state index contributed by atoms with van der Waals surface area (Å²) in [4.78, 5) is 36.4. The molecular weight excluding hydrogens is 746 g/mol. The van der Waals surface area contributed by atoms with Crippen LogP contribution < -0.4 is 33.6 Å². The van der Waals surface area contributed by atoms with E-state index in [1.807, 2.05) is 27.7 Å². The zero-order valence-electron chi connectivity index (χ0n) is 33.5. The first-order chi connectivity index (χ1) is 26.2. The average Bonchev–Trinajstić information content (AvgIpc) is 3.15. The summed E-state index contributed by atoms with van der Waals surface area (Å²) in [5.41, 5.74) is 21.2. The van der Waals surface area contributed by atoms with Crippen LogP contribution in [0.25, 0.3) is 0 Å². The number of aliphatic imine (C=N–C) groups is 1. The number of rotatable bonds is 15. The highest BCUT2D eigenvalue weighted by Crippen LogP contribution is 2.32.